The molecule has 1 aliphatic heterocycles. The maximum atomic E-state index is 11.4. The summed E-state index contributed by atoms with van der Waals surface area (Å²) in [6, 6.07) is 4.81. The van der Waals surface area contributed by atoms with Gasteiger partial charge in [-0.05, 0) is 26.1 Å². The first-order valence-electron chi connectivity index (χ1n) is 6.43. The Morgan fingerprint density at radius 2 is 2.15 bits per heavy atom. The van der Waals surface area contributed by atoms with E-state index in [9.17, 15) is 14.9 Å². The number of amides is 1. The number of primary amides is 1. The topological polar surface area (TPSA) is 92.7 Å². The fraction of sp³-hybridized carbons (Fsp3) is 0.462. The summed E-state index contributed by atoms with van der Waals surface area (Å²) >= 11 is 0. The Hall–Kier alpha value is -2.15. The molecule has 1 unspecified atom stereocenters. The molecule has 1 aromatic carbocycles. The van der Waals surface area contributed by atoms with Crippen LogP contribution in [0, 0.1) is 10.1 Å². The average Bonchev–Trinajstić information content (AvgIpc) is 2.37. The third kappa shape index (κ3) is 2.72. The Balaban J connectivity index is 2.36. The van der Waals surface area contributed by atoms with Crippen molar-refractivity contribution in [2.24, 2.45) is 5.73 Å². The molecular formula is C13H18N4O3. The van der Waals surface area contributed by atoms with E-state index in [4.69, 9.17) is 5.73 Å². The molecule has 1 aromatic rings. The van der Waals surface area contributed by atoms with Crippen LogP contribution in [0.5, 0.6) is 0 Å². The normalized spacial score (nSPS) is 19.9. The lowest BCUT2D eigenvalue weighted by molar-refractivity contribution is -0.385. The van der Waals surface area contributed by atoms with Crippen molar-refractivity contribution in [3.05, 3.63) is 33.9 Å². The van der Waals surface area contributed by atoms with Gasteiger partial charge in [0, 0.05) is 37.4 Å². The zero-order chi connectivity index (χ0) is 14.9. The van der Waals surface area contributed by atoms with Crippen LogP contribution in [-0.2, 0) is 0 Å². The van der Waals surface area contributed by atoms with Gasteiger partial charge in [-0.15, -0.1) is 0 Å². The van der Waals surface area contributed by atoms with Gasteiger partial charge in [0.1, 0.15) is 5.56 Å². The van der Waals surface area contributed by atoms with Crippen molar-refractivity contribution >= 4 is 17.3 Å². The van der Waals surface area contributed by atoms with Crippen LogP contribution in [0.1, 0.15) is 17.3 Å². The Bertz CT molecular complexity index is 546. The summed E-state index contributed by atoms with van der Waals surface area (Å²) < 4.78 is 0. The van der Waals surface area contributed by atoms with Gasteiger partial charge in [0.05, 0.1) is 4.92 Å². The largest absolute Gasteiger partial charge is 0.366 e. The molecule has 1 saturated heterocycles. The number of nitrogens with zero attached hydrogens (tertiary/aromatic N) is 3. The lowest BCUT2D eigenvalue weighted by Crippen LogP contribution is -2.50. The van der Waals surface area contributed by atoms with Crippen LogP contribution in [0.2, 0.25) is 0 Å². The van der Waals surface area contributed by atoms with Gasteiger partial charge in [0.15, 0.2) is 0 Å². The third-order valence-corrected chi connectivity index (χ3v) is 3.60. The van der Waals surface area contributed by atoms with Crippen molar-refractivity contribution in [3.63, 3.8) is 0 Å². The van der Waals surface area contributed by atoms with Gasteiger partial charge in [0.2, 0.25) is 0 Å². The number of benzene rings is 1. The van der Waals surface area contributed by atoms with Gasteiger partial charge in [-0.3, -0.25) is 14.9 Å². The Morgan fingerprint density at radius 3 is 2.70 bits per heavy atom. The quantitative estimate of drug-likeness (QED) is 0.653. The van der Waals surface area contributed by atoms with Crippen LogP contribution in [0.15, 0.2) is 18.2 Å². The Labute approximate surface area is 117 Å². The minimum absolute atomic E-state index is 0.0429. The molecule has 0 aliphatic carbocycles. The molecule has 1 atom stereocenters. The summed E-state index contributed by atoms with van der Waals surface area (Å²) in [6.45, 7) is 4.71. The fourth-order valence-electron chi connectivity index (χ4n) is 2.58. The van der Waals surface area contributed by atoms with Crippen molar-refractivity contribution in [2.75, 3.05) is 31.6 Å². The highest BCUT2D eigenvalue weighted by Gasteiger charge is 2.25. The molecule has 0 radical (unpaired) electrons. The minimum atomic E-state index is -0.777. The van der Waals surface area contributed by atoms with E-state index in [1.807, 2.05) is 0 Å². The monoisotopic (exact) mass is 278 g/mol. The van der Waals surface area contributed by atoms with E-state index < -0.39 is 10.8 Å². The van der Waals surface area contributed by atoms with Crippen molar-refractivity contribution in [3.8, 4) is 0 Å². The number of nitrogens with two attached hydrogens (primary N) is 1. The van der Waals surface area contributed by atoms with Crippen LogP contribution < -0.4 is 10.6 Å². The van der Waals surface area contributed by atoms with E-state index in [1.165, 1.54) is 12.1 Å². The second-order valence-electron chi connectivity index (χ2n) is 5.13. The Morgan fingerprint density at radius 1 is 1.45 bits per heavy atom. The van der Waals surface area contributed by atoms with Gasteiger partial charge in [0.25, 0.3) is 11.6 Å². The predicted molar refractivity (Wildman–Crippen MR) is 75.9 cm³/mol. The number of anilines is 1. The SMILES string of the molecule is CC1CN(C)CCN1c1ccc([N+](=O)[O-])c(C(N)=O)c1. The predicted octanol–water partition coefficient (Wildman–Crippen LogP) is 0.834. The van der Waals surface area contributed by atoms with E-state index in [2.05, 4.69) is 23.8 Å². The molecule has 0 spiro atoms. The number of hydrogen-bond donors (Lipinski definition) is 1. The van der Waals surface area contributed by atoms with Gasteiger partial charge >= 0.3 is 0 Å². The number of rotatable bonds is 3. The maximum Gasteiger partial charge on any atom is 0.282 e. The fourth-order valence-corrected chi connectivity index (χ4v) is 2.58. The van der Waals surface area contributed by atoms with Crippen molar-refractivity contribution in [1.29, 1.82) is 0 Å². The highest BCUT2D eigenvalue weighted by molar-refractivity contribution is 5.98. The second kappa shape index (κ2) is 5.46. The molecule has 2 rings (SSSR count). The number of carbonyl (C=O) groups excluding carboxylic acids is 1. The van der Waals surface area contributed by atoms with E-state index in [1.54, 1.807) is 6.07 Å². The standard InChI is InChI=1S/C13H18N4O3/c1-9-8-15(2)5-6-16(9)10-3-4-12(17(19)20)11(7-10)13(14)18/h3-4,7,9H,5-6,8H2,1-2H3,(H2,14,18). The summed E-state index contributed by atoms with van der Waals surface area (Å²) in [7, 11) is 2.05. The number of nitro groups is 1. The van der Waals surface area contributed by atoms with Crippen LogP contribution in [-0.4, -0.2) is 48.5 Å². The molecule has 1 heterocycles. The highest BCUT2D eigenvalue weighted by Crippen LogP contribution is 2.27. The van der Waals surface area contributed by atoms with Crippen LogP contribution >= 0.6 is 0 Å². The minimum Gasteiger partial charge on any atom is -0.366 e. The molecule has 1 aliphatic rings. The molecule has 7 heteroatoms. The summed E-state index contributed by atoms with van der Waals surface area (Å²) in [5.41, 5.74) is 5.74. The number of carbonyl (C=O) groups is 1. The summed E-state index contributed by atoms with van der Waals surface area (Å²) in [5, 5.41) is 10.9. The highest BCUT2D eigenvalue weighted by atomic mass is 16.6. The van der Waals surface area contributed by atoms with E-state index in [-0.39, 0.29) is 17.3 Å². The first kappa shape index (κ1) is 14.3. The molecule has 108 valence electrons. The molecule has 20 heavy (non-hydrogen) atoms. The van der Waals surface area contributed by atoms with Crippen molar-refractivity contribution < 1.29 is 9.72 Å². The second-order valence-corrected chi connectivity index (χ2v) is 5.13. The van der Waals surface area contributed by atoms with Gasteiger partial charge < -0.3 is 15.5 Å². The number of nitro benzene ring substituents is 1. The summed E-state index contributed by atoms with van der Waals surface area (Å²) in [4.78, 5) is 26.1. The van der Waals surface area contributed by atoms with Crippen LogP contribution in [0.3, 0.4) is 0 Å². The van der Waals surface area contributed by atoms with E-state index >= 15 is 0 Å². The summed E-state index contributed by atoms with van der Waals surface area (Å²) in [6.07, 6.45) is 0. The zero-order valence-corrected chi connectivity index (χ0v) is 11.6. The molecule has 1 fully saturated rings. The third-order valence-electron chi connectivity index (χ3n) is 3.60. The smallest absolute Gasteiger partial charge is 0.282 e. The number of piperazine rings is 1. The molecule has 1 amide bonds. The number of likely N-dealkylation sites (N-methyl/N-ethyl adjacent to an activating group) is 1. The maximum absolute atomic E-state index is 11.4. The summed E-state index contributed by atoms with van der Waals surface area (Å²) in [5.74, 6) is -0.777. The zero-order valence-electron chi connectivity index (χ0n) is 11.6. The van der Waals surface area contributed by atoms with E-state index in [0.29, 0.717) is 0 Å². The average molecular weight is 278 g/mol. The Kier molecular flexibility index (Phi) is 3.89. The lowest BCUT2D eigenvalue weighted by Gasteiger charge is -2.39. The van der Waals surface area contributed by atoms with Gasteiger partial charge in [-0.2, -0.15) is 0 Å². The van der Waals surface area contributed by atoms with Crippen molar-refractivity contribution in [1.82, 2.24) is 4.90 Å². The molecule has 2 N–H and O–H groups in total. The van der Waals surface area contributed by atoms with Gasteiger partial charge in [-0.1, -0.05) is 0 Å². The first-order chi connectivity index (χ1) is 9.40. The number of hydrogen-bond acceptors (Lipinski definition) is 5. The molecule has 0 saturated carbocycles. The molecular weight excluding hydrogens is 260 g/mol. The molecule has 0 aromatic heterocycles. The van der Waals surface area contributed by atoms with Gasteiger partial charge in [-0.25, -0.2) is 0 Å². The first-order valence-corrected chi connectivity index (χ1v) is 6.43. The van der Waals surface area contributed by atoms with Crippen molar-refractivity contribution in [2.45, 2.75) is 13.0 Å². The molecule has 0 bridgehead atoms. The van der Waals surface area contributed by atoms with Crippen LogP contribution in [0.4, 0.5) is 11.4 Å². The lowest BCUT2D eigenvalue weighted by atomic mass is 10.1. The van der Waals surface area contributed by atoms with E-state index in [0.717, 1.165) is 25.3 Å². The van der Waals surface area contributed by atoms with Crippen LogP contribution in [0.25, 0.3) is 0 Å². The molecule has 7 nitrogen and oxygen atoms in total.